The van der Waals surface area contributed by atoms with E-state index in [9.17, 15) is 14.9 Å². The van der Waals surface area contributed by atoms with Crippen molar-refractivity contribution in [3.63, 3.8) is 0 Å². The number of carbonyl (C=O) groups is 1. The van der Waals surface area contributed by atoms with E-state index in [1.54, 1.807) is 12.1 Å². The molecule has 2 aromatic rings. The molecule has 0 atom stereocenters. The first kappa shape index (κ1) is 14.5. The molecule has 0 fully saturated rings. The number of anilines is 1. The molecule has 2 rings (SSSR count). The number of nitro benzene ring substituents is 1. The number of hydrogen-bond donors (Lipinski definition) is 2. The lowest BCUT2D eigenvalue weighted by Crippen LogP contribution is -2.23. The fourth-order valence-corrected chi connectivity index (χ4v) is 1.79. The van der Waals surface area contributed by atoms with E-state index < -0.39 is 10.8 Å². The lowest BCUT2D eigenvalue weighted by atomic mass is 10.1. The van der Waals surface area contributed by atoms with Crippen LogP contribution in [0.1, 0.15) is 23.0 Å². The average Bonchev–Trinajstić information content (AvgIpc) is 2.98. The lowest BCUT2D eigenvalue weighted by molar-refractivity contribution is -0.385. The lowest BCUT2D eigenvalue weighted by Gasteiger charge is -2.07. The molecule has 8 heteroatoms. The quantitative estimate of drug-likeness (QED) is 0.621. The Kier molecular flexibility index (Phi) is 4.50. The molecule has 0 bridgehead atoms. The van der Waals surface area contributed by atoms with Crippen LogP contribution < -0.4 is 10.6 Å². The molecular weight excluding hydrogens is 276 g/mol. The van der Waals surface area contributed by atoms with E-state index in [4.69, 9.17) is 4.52 Å². The standard InChI is InChI=1S/C13H14N4O4/c1-2-14-9-3-4-12(17(19)20)11(7-9)13(18)15-8-10-5-6-16-21-10/h3-7,14H,2,8H2,1H3,(H,15,18). The second-order valence-corrected chi connectivity index (χ2v) is 4.18. The summed E-state index contributed by atoms with van der Waals surface area (Å²) in [6.07, 6.45) is 1.45. The SMILES string of the molecule is CCNc1ccc([N+](=O)[O-])c(C(=O)NCc2ccno2)c1. The number of aromatic nitrogens is 1. The third kappa shape index (κ3) is 3.56. The van der Waals surface area contributed by atoms with Gasteiger partial charge in [0.25, 0.3) is 11.6 Å². The predicted molar refractivity (Wildman–Crippen MR) is 74.9 cm³/mol. The van der Waals surface area contributed by atoms with Crippen LogP contribution in [0, 0.1) is 10.1 Å². The van der Waals surface area contributed by atoms with Crippen molar-refractivity contribution in [3.05, 3.63) is 51.9 Å². The second-order valence-electron chi connectivity index (χ2n) is 4.18. The van der Waals surface area contributed by atoms with Gasteiger partial charge in [-0.05, 0) is 19.1 Å². The molecule has 2 N–H and O–H groups in total. The van der Waals surface area contributed by atoms with Gasteiger partial charge < -0.3 is 15.2 Å². The van der Waals surface area contributed by atoms with Gasteiger partial charge in [-0.15, -0.1) is 0 Å². The first-order chi connectivity index (χ1) is 10.1. The Morgan fingerprint density at radius 3 is 2.86 bits per heavy atom. The zero-order valence-electron chi connectivity index (χ0n) is 11.3. The van der Waals surface area contributed by atoms with Gasteiger partial charge in [-0.25, -0.2) is 0 Å². The summed E-state index contributed by atoms with van der Waals surface area (Å²) in [5.41, 5.74) is 0.401. The van der Waals surface area contributed by atoms with Crippen LogP contribution in [0.5, 0.6) is 0 Å². The average molecular weight is 290 g/mol. The molecular formula is C13H14N4O4. The third-order valence-corrected chi connectivity index (χ3v) is 2.73. The molecule has 0 saturated heterocycles. The molecule has 0 unspecified atom stereocenters. The molecule has 0 saturated carbocycles. The largest absolute Gasteiger partial charge is 0.385 e. The van der Waals surface area contributed by atoms with Crippen LogP contribution in [0.4, 0.5) is 11.4 Å². The van der Waals surface area contributed by atoms with Gasteiger partial charge in [0.1, 0.15) is 5.56 Å². The molecule has 8 nitrogen and oxygen atoms in total. The fraction of sp³-hybridized carbons (Fsp3) is 0.231. The Morgan fingerprint density at radius 2 is 2.24 bits per heavy atom. The van der Waals surface area contributed by atoms with Crippen LogP contribution in [0.3, 0.4) is 0 Å². The maximum atomic E-state index is 12.1. The minimum Gasteiger partial charge on any atom is -0.385 e. The van der Waals surface area contributed by atoms with Crippen LogP contribution in [-0.4, -0.2) is 22.5 Å². The fourth-order valence-electron chi connectivity index (χ4n) is 1.79. The van der Waals surface area contributed by atoms with Gasteiger partial charge >= 0.3 is 0 Å². The van der Waals surface area contributed by atoms with Crippen molar-refractivity contribution < 1.29 is 14.2 Å². The van der Waals surface area contributed by atoms with E-state index >= 15 is 0 Å². The molecule has 0 aliphatic heterocycles. The van der Waals surface area contributed by atoms with Crippen molar-refractivity contribution in [3.8, 4) is 0 Å². The zero-order valence-corrected chi connectivity index (χ0v) is 11.3. The van der Waals surface area contributed by atoms with Gasteiger partial charge in [0.05, 0.1) is 17.7 Å². The van der Waals surface area contributed by atoms with Gasteiger partial charge in [0.15, 0.2) is 5.76 Å². The van der Waals surface area contributed by atoms with E-state index in [1.807, 2.05) is 6.92 Å². The Morgan fingerprint density at radius 1 is 1.43 bits per heavy atom. The van der Waals surface area contributed by atoms with Gasteiger partial charge in [-0.1, -0.05) is 5.16 Å². The number of carbonyl (C=O) groups excluding carboxylic acids is 1. The van der Waals surface area contributed by atoms with Gasteiger partial charge in [0, 0.05) is 24.4 Å². The Labute approximate surface area is 120 Å². The summed E-state index contributed by atoms with van der Waals surface area (Å²) in [5.74, 6) is -0.0771. The summed E-state index contributed by atoms with van der Waals surface area (Å²) in [6.45, 7) is 2.66. The number of nitrogens with one attached hydrogen (secondary N) is 2. The van der Waals surface area contributed by atoms with Crippen LogP contribution in [0.15, 0.2) is 35.0 Å². The molecule has 1 aromatic carbocycles. The van der Waals surface area contributed by atoms with Crippen molar-refractivity contribution in [1.29, 1.82) is 0 Å². The second kappa shape index (κ2) is 6.51. The summed E-state index contributed by atoms with van der Waals surface area (Å²) in [6, 6.07) is 5.93. The van der Waals surface area contributed by atoms with Crippen LogP contribution in [-0.2, 0) is 6.54 Å². The molecule has 1 aromatic heterocycles. The summed E-state index contributed by atoms with van der Waals surface area (Å²) >= 11 is 0. The Balaban J connectivity index is 2.20. The molecule has 0 radical (unpaired) electrons. The Bertz CT molecular complexity index is 640. The van der Waals surface area contributed by atoms with Gasteiger partial charge in [0.2, 0.25) is 0 Å². The minimum absolute atomic E-state index is 0.00188. The third-order valence-electron chi connectivity index (χ3n) is 2.73. The van der Waals surface area contributed by atoms with Crippen molar-refractivity contribution >= 4 is 17.3 Å². The maximum Gasteiger partial charge on any atom is 0.282 e. The first-order valence-corrected chi connectivity index (χ1v) is 6.32. The predicted octanol–water partition coefficient (Wildman–Crippen LogP) is 1.94. The topological polar surface area (TPSA) is 110 Å². The summed E-state index contributed by atoms with van der Waals surface area (Å²) in [7, 11) is 0. The van der Waals surface area contributed by atoms with E-state index in [0.29, 0.717) is 18.0 Å². The highest BCUT2D eigenvalue weighted by atomic mass is 16.6. The normalized spacial score (nSPS) is 10.1. The van der Waals surface area contributed by atoms with Gasteiger partial charge in [-0.3, -0.25) is 14.9 Å². The molecule has 1 heterocycles. The minimum atomic E-state index is -0.584. The number of amides is 1. The smallest absolute Gasteiger partial charge is 0.282 e. The Hall–Kier alpha value is -2.90. The maximum absolute atomic E-state index is 12.1. The monoisotopic (exact) mass is 290 g/mol. The van der Waals surface area contributed by atoms with Crippen molar-refractivity contribution in [2.24, 2.45) is 0 Å². The number of benzene rings is 1. The molecule has 0 spiro atoms. The van der Waals surface area contributed by atoms with E-state index in [1.165, 1.54) is 18.3 Å². The zero-order chi connectivity index (χ0) is 15.2. The van der Waals surface area contributed by atoms with E-state index in [-0.39, 0.29) is 17.8 Å². The van der Waals surface area contributed by atoms with Crippen LogP contribution in [0.2, 0.25) is 0 Å². The van der Waals surface area contributed by atoms with Crippen molar-refractivity contribution in [2.45, 2.75) is 13.5 Å². The van der Waals surface area contributed by atoms with Crippen LogP contribution >= 0.6 is 0 Å². The first-order valence-electron chi connectivity index (χ1n) is 6.32. The number of hydrogen-bond acceptors (Lipinski definition) is 6. The van der Waals surface area contributed by atoms with E-state index in [0.717, 1.165) is 0 Å². The molecule has 0 aliphatic carbocycles. The highest BCUT2D eigenvalue weighted by Crippen LogP contribution is 2.22. The number of rotatable bonds is 6. The summed E-state index contributed by atoms with van der Waals surface area (Å²) in [4.78, 5) is 22.5. The highest BCUT2D eigenvalue weighted by Gasteiger charge is 2.20. The summed E-state index contributed by atoms with van der Waals surface area (Å²) < 4.78 is 4.85. The van der Waals surface area contributed by atoms with Gasteiger partial charge in [-0.2, -0.15) is 0 Å². The molecule has 0 aliphatic rings. The summed E-state index contributed by atoms with van der Waals surface area (Å²) in [5, 5.41) is 20.1. The van der Waals surface area contributed by atoms with Crippen molar-refractivity contribution in [2.75, 3.05) is 11.9 Å². The molecule has 110 valence electrons. The number of nitro groups is 1. The van der Waals surface area contributed by atoms with Crippen molar-refractivity contribution in [1.82, 2.24) is 10.5 Å². The molecule has 1 amide bonds. The molecule has 21 heavy (non-hydrogen) atoms. The van der Waals surface area contributed by atoms with E-state index in [2.05, 4.69) is 15.8 Å². The number of nitrogens with zero attached hydrogens (tertiary/aromatic N) is 2. The highest BCUT2D eigenvalue weighted by molar-refractivity contribution is 5.99. The van der Waals surface area contributed by atoms with Crippen LogP contribution in [0.25, 0.3) is 0 Å².